The van der Waals surface area contributed by atoms with Crippen LogP contribution in [0.25, 0.3) is 0 Å². The van der Waals surface area contributed by atoms with Gasteiger partial charge in [-0.05, 0) is 37.0 Å². The lowest BCUT2D eigenvalue weighted by Gasteiger charge is -2.16. The molecule has 4 nitrogen and oxygen atoms in total. The molecular weight excluding hydrogens is 250 g/mol. The Labute approximate surface area is 120 Å². The first-order chi connectivity index (χ1) is 9.80. The molecule has 106 valence electrons. The molecule has 1 heterocycles. The molecule has 2 fully saturated rings. The van der Waals surface area contributed by atoms with Gasteiger partial charge < -0.3 is 10.1 Å². The second-order valence-electron chi connectivity index (χ2n) is 5.74. The molecule has 1 unspecified atom stereocenters. The molecule has 1 saturated carbocycles. The number of rotatable bonds is 5. The van der Waals surface area contributed by atoms with E-state index in [-0.39, 0.29) is 0 Å². The number of nitriles is 1. The van der Waals surface area contributed by atoms with Crippen molar-refractivity contribution < 1.29 is 4.74 Å². The quantitative estimate of drug-likeness (QED) is 0.888. The van der Waals surface area contributed by atoms with Gasteiger partial charge in [0, 0.05) is 31.7 Å². The summed E-state index contributed by atoms with van der Waals surface area (Å²) in [5, 5.41) is 12.7. The van der Waals surface area contributed by atoms with Crippen LogP contribution in [-0.2, 0) is 6.54 Å². The van der Waals surface area contributed by atoms with E-state index in [2.05, 4.69) is 16.3 Å². The Bertz CT molecular complexity index is 519. The molecule has 1 aliphatic heterocycles. The third-order valence-electron chi connectivity index (χ3n) is 4.26. The fourth-order valence-corrected chi connectivity index (χ4v) is 2.94. The minimum Gasteiger partial charge on any atom is -0.495 e. The van der Waals surface area contributed by atoms with E-state index in [0.717, 1.165) is 18.2 Å². The van der Waals surface area contributed by atoms with Crippen molar-refractivity contribution in [1.29, 1.82) is 5.26 Å². The van der Waals surface area contributed by atoms with Crippen LogP contribution in [0.4, 0.5) is 0 Å². The van der Waals surface area contributed by atoms with Gasteiger partial charge in [0.15, 0.2) is 0 Å². The first kappa shape index (κ1) is 13.4. The van der Waals surface area contributed by atoms with Gasteiger partial charge in [-0.15, -0.1) is 0 Å². The van der Waals surface area contributed by atoms with Gasteiger partial charge in [0.25, 0.3) is 0 Å². The fraction of sp³-hybridized carbons (Fsp3) is 0.562. The highest BCUT2D eigenvalue weighted by atomic mass is 16.5. The Kier molecular flexibility index (Phi) is 3.90. The highest BCUT2D eigenvalue weighted by Crippen LogP contribution is 2.29. The summed E-state index contributed by atoms with van der Waals surface area (Å²) in [6, 6.07) is 9.46. The molecule has 4 heteroatoms. The lowest BCUT2D eigenvalue weighted by atomic mass is 10.1. The number of nitrogens with zero attached hydrogens (tertiary/aromatic N) is 2. The number of nitrogens with one attached hydrogen (secondary N) is 1. The van der Waals surface area contributed by atoms with Gasteiger partial charge >= 0.3 is 0 Å². The molecule has 2 aliphatic rings. The third kappa shape index (κ3) is 2.95. The molecule has 0 amide bonds. The van der Waals surface area contributed by atoms with E-state index in [1.165, 1.54) is 32.4 Å². The van der Waals surface area contributed by atoms with Crippen LogP contribution in [0.15, 0.2) is 18.2 Å². The van der Waals surface area contributed by atoms with Crippen LogP contribution in [0.3, 0.4) is 0 Å². The van der Waals surface area contributed by atoms with Crippen molar-refractivity contribution >= 4 is 0 Å². The summed E-state index contributed by atoms with van der Waals surface area (Å²) < 4.78 is 5.17. The normalized spacial score (nSPS) is 22.7. The smallest absolute Gasteiger partial charge is 0.136 e. The molecule has 1 aromatic carbocycles. The van der Waals surface area contributed by atoms with E-state index in [1.807, 2.05) is 18.2 Å². The van der Waals surface area contributed by atoms with Crippen molar-refractivity contribution in [2.24, 2.45) is 0 Å². The van der Waals surface area contributed by atoms with Gasteiger partial charge in [0.05, 0.1) is 12.7 Å². The highest BCUT2D eigenvalue weighted by molar-refractivity contribution is 5.45. The third-order valence-corrected chi connectivity index (χ3v) is 4.26. The van der Waals surface area contributed by atoms with Gasteiger partial charge in [-0.3, -0.25) is 4.90 Å². The van der Waals surface area contributed by atoms with Crippen LogP contribution in [0, 0.1) is 11.3 Å². The van der Waals surface area contributed by atoms with Gasteiger partial charge in [0.1, 0.15) is 11.8 Å². The summed E-state index contributed by atoms with van der Waals surface area (Å²) in [5.74, 6) is 0.650. The van der Waals surface area contributed by atoms with E-state index in [0.29, 0.717) is 17.4 Å². The molecule has 0 radical (unpaired) electrons. The van der Waals surface area contributed by atoms with Gasteiger partial charge in [-0.1, -0.05) is 6.07 Å². The first-order valence-electron chi connectivity index (χ1n) is 7.34. The van der Waals surface area contributed by atoms with E-state index < -0.39 is 0 Å². The monoisotopic (exact) mass is 271 g/mol. The molecule has 0 spiro atoms. The lowest BCUT2D eigenvalue weighted by molar-refractivity contribution is 0.317. The Morgan fingerprint density at radius 2 is 2.25 bits per heavy atom. The molecule has 1 saturated heterocycles. The maximum Gasteiger partial charge on any atom is 0.136 e. The minimum absolute atomic E-state index is 0.586. The Hall–Kier alpha value is -1.57. The molecule has 1 aromatic rings. The van der Waals surface area contributed by atoms with Crippen LogP contribution >= 0.6 is 0 Å². The van der Waals surface area contributed by atoms with Crippen LogP contribution in [0.1, 0.15) is 30.4 Å². The Balaban J connectivity index is 1.54. The number of ether oxygens (including phenoxy) is 1. The maximum atomic E-state index is 9.10. The molecule has 20 heavy (non-hydrogen) atoms. The van der Waals surface area contributed by atoms with Crippen molar-refractivity contribution in [1.82, 2.24) is 10.2 Å². The zero-order chi connectivity index (χ0) is 13.9. The molecule has 1 N–H and O–H groups in total. The predicted molar refractivity (Wildman–Crippen MR) is 77.5 cm³/mol. The van der Waals surface area contributed by atoms with Crippen molar-refractivity contribution in [3.63, 3.8) is 0 Å². The minimum atomic E-state index is 0.586. The van der Waals surface area contributed by atoms with Crippen LogP contribution in [0.5, 0.6) is 5.75 Å². The molecule has 1 aliphatic carbocycles. The fourth-order valence-electron chi connectivity index (χ4n) is 2.94. The zero-order valence-electron chi connectivity index (χ0n) is 11.9. The number of likely N-dealkylation sites (tertiary alicyclic amines) is 1. The van der Waals surface area contributed by atoms with Crippen LogP contribution in [0.2, 0.25) is 0 Å². The van der Waals surface area contributed by atoms with Crippen molar-refractivity contribution in [3.8, 4) is 11.8 Å². The largest absolute Gasteiger partial charge is 0.495 e. The van der Waals surface area contributed by atoms with Gasteiger partial charge in [-0.25, -0.2) is 0 Å². The van der Waals surface area contributed by atoms with Gasteiger partial charge in [0.2, 0.25) is 0 Å². The molecule has 1 atom stereocenters. The summed E-state index contributed by atoms with van der Waals surface area (Å²) in [4.78, 5) is 2.60. The second-order valence-corrected chi connectivity index (χ2v) is 5.74. The van der Waals surface area contributed by atoms with E-state index in [1.54, 1.807) is 7.11 Å². The van der Waals surface area contributed by atoms with Crippen LogP contribution < -0.4 is 10.1 Å². The standard InChI is InChI=1S/C16H21N3O/c1-20-16-5-2-12(8-13(16)9-17)10-18-14-6-7-19(11-14)15-3-4-15/h2,5,8,14-15,18H,3-4,6-7,10-11H2,1H3. The van der Waals surface area contributed by atoms with Crippen molar-refractivity contribution in [2.75, 3.05) is 20.2 Å². The van der Waals surface area contributed by atoms with E-state index in [4.69, 9.17) is 10.00 Å². The summed E-state index contributed by atoms with van der Waals surface area (Å²) in [5.41, 5.74) is 1.75. The number of methoxy groups -OCH3 is 1. The first-order valence-corrected chi connectivity index (χ1v) is 7.34. The molecule has 0 aromatic heterocycles. The Morgan fingerprint density at radius 1 is 1.40 bits per heavy atom. The number of hydrogen-bond acceptors (Lipinski definition) is 4. The number of hydrogen-bond donors (Lipinski definition) is 1. The highest BCUT2D eigenvalue weighted by Gasteiger charge is 2.33. The van der Waals surface area contributed by atoms with Crippen LogP contribution in [-0.4, -0.2) is 37.2 Å². The summed E-state index contributed by atoms with van der Waals surface area (Å²) in [6.07, 6.45) is 4.01. The lowest BCUT2D eigenvalue weighted by Crippen LogP contribution is -2.32. The van der Waals surface area contributed by atoms with Crippen molar-refractivity contribution in [2.45, 2.75) is 37.9 Å². The van der Waals surface area contributed by atoms with Gasteiger partial charge in [-0.2, -0.15) is 5.26 Å². The van der Waals surface area contributed by atoms with E-state index in [9.17, 15) is 0 Å². The second kappa shape index (κ2) is 5.82. The molecule has 0 bridgehead atoms. The average Bonchev–Trinajstić information content (AvgIpc) is 3.23. The Morgan fingerprint density at radius 3 is 2.95 bits per heavy atom. The molecular formula is C16H21N3O. The van der Waals surface area contributed by atoms with Crippen molar-refractivity contribution in [3.05, 3.63) is 29.3 Å². The molecule has 3 rings (SSSR count). The zero-order valence-corrected chi connectivity index (χ0v) is 11.9. The SMILES string of the molecule is COc1ccc(CNC2CCN(C3CC3)C2)cc1C#N. The number of benzene rings is 1. The summed E-state index contributed by atoms with van der Waals surface area (Å²) in [7, 11) is 1.60. The predicted octanol–water partition coefficient (Wildman–Crippen LogP) is 1.89. The van der Waals surface area contributed by atoms with E-state index >= 15 is 0 Å². The maximum absolute atomic E-state index is 9.10. The summed E-state index contributed by atoms with van der Waals surface area (Å²) >= 11 is 0. The topological polar surface area (TPSA) is 48.3 Å². The average molecular weight is 271 g/mol. The summed E-state index contributed by atoms with van der Waals surface area (Å²) in [6.45, 7) is 3.22.